The van der Waals surface area contributed by atoms with Crippen LogP contribution in [0.3, 0.4) is 0 Å². The van der Waals surface area contributed by atoms with Gasteiger partial charge in [-0.05, 0) is 19.9 Å². The molecule has 0 aliphatic rings. The number of hydrogen-bond donors (Lipinski definition) is 1. The van der Waals surface area contributed by atoms with E-state index in [0.29, 0.717) is 0 Å². The molecule has 1 heterocycles. The Hall–Kier alpha value is -0.540. The molecule has 3 nitrogen and oxygen atoms in total. The molecule has 0 saturated heterocycles. The van der Waals surface area contributed by atoms with Crippen LogP contribution >= 0.6 is 12.4 Å². The fourth-order valence-corrected chi connectivity index (χ4v) is 1.12. The van der Waals surface area contributed by atoms with E-state index in [9.17, 15) is 0 Å². The SMILES string of the molecule is CCCNCc1cnn(C)c1C.Cl. The van der Waals surface area contributed by atoms with Crippen molar-refractivity contribution in [2.24, 2.45) is 7.05 Å². The van der Waals surface area contributed by atoms with Crippen molar-refractivity contribution >= 4 is 12.4 Å². The minimum Gasteiger partial charge on any atom is -0.313 e. The zero-order valence-corrected chi connectivity index (χ0v) is 9.32. The normalized spacial score (nSPS) is 9.77. The predicted octanol–water partition coefficient (Wildman–Crippen LogP) is 1.65. The van der Waals surface area contributed by atoms with Crippen molar-refractivity contribution in [2.45, 2.75) is 26.8 Å². The minimum absolute atomic E-state index is 0. The summed E-state index contributed by atoms with van der Waals surface area (Å²) in [7, 11) is 1.97. The predicted molar refractivity (Wildman–Crippen MR) is 57.2 cm³/mol. The summed E-state index contributed by atoms with van der Waals surface area (Å²) in [5.41, 5.74) is 2.55. The first-order valence-electron chi connectivity index (χ1n) is 4.44. The van der Waals surface area contributed by atoms with Crippen LogP contribution in [0.1, 0.15) is 24.6 Å². The summed E-state index contributed by atoms with van der Waals surface area (Å²) in [5.74, 6) is 0. The molecule has 0 unspecified atom stereocenters. The second kappa shape index (κ2) is 6.00. The van der Waals surface area contributed by atoms with Crippen molar-refractivity contribution in [3.63, 3.8) is 0 Å². The third-order valence-electron chi connectivity index (χ3n) is 2.08. The minimum atomic E-state index is 0. The van der Waals surface area contributed by atoms with Crippen molar-refractivity contribution in [3.05, 3.63) is 17.5 Å². The molecule has 1 N–H and O–H groups in total. The Morgan fingerprint density at radius 3 is 2.69 bits per heavy atom. The van der Waals surface area contributed by atoms with Crippen molar-refractivity contribution in [2.75, 3.05) is 6.54 Å². The maximum atomic E-state index is 4.17. The van der Waals surface area contributed by atoms with Crippen LogP contribution in [0.4, 0.5) is 0 Å². The van der Waals surface area contributed by atoms with Crippen LogP contribution in [0.25, 0.3) is 0 Å². The van der Waals surface area contributed by atoms with Gasteiger partial charge in [-0.15, -0.1) is 12.4 Å². The first kappa shape index (κ1) is 12.5. The molecule has 0 aromatic carbocycles. The van der Waals surface area contributed by atoms with Crippen LogP contribution in [-0.2, 0) is 13.6 Å². The number of nitrogens with zero attached hydrogens (tertiary/aromatic N) is 2. The number of rotatable bonds is 4. The van der Waals surface area contributed by atoms with E-state index in [1.807, 2.05) is 17.9 Å². The quantitative estimate of drug-likeness (QED) is 0.755. The lowest BCUT2D eigenvalue weighted by molar-refractivity contribution is 0.669. The Labute approximate surface area is 85.9 Å². The van der Waals surface area contributed by atoms with Crippen LogP contribution in [-0.4, -0.2) is 16.3 Å². The van der Waals surface area contributed by atoms with E-state index in [1.165, 1.54) is 17.7 Å². The lowest BCUT2D eigenvalue weighted by Gasteiger charge is -2.01. The fourth-order valence-electron chi connectivity index (χ4n) is 1.12. The van der Waals surface area contributed by atoms with Gasteiger partial charge in [0.1, 0.15) is 0 Å². The third kappa shape index (κ3) is 3.36. The van der Waals surface area contributed by atoms with Crippen molar-refractivity contribution in [3.8, 4) is 0 Å². The van der Waals surface area contributed by atoms with E-state index >= 15 is 0 Å². The summed E-state index contributed by atoms with van der Waals surface area (Å²) < 4.78 is 1.91. The lowest BCUT2D eigenvalue weighted by atomic mass is 10.2. The van der Waals surface area contributed by atoms with Gasteiger partial charge in [-0.2, -0.15) is 5.10 Å². The molecule has 0 amide bonds. The van der Waals surface area contributed by atoms with E-state index in [0.717, 1.165) is 13.1 Å². The van der Waals surface area contributed by atoms with Crippen molar-refractivity contribution in [1.29, 1.82) is 0 Å². The number of halogens is 1. The summed E-state index contributed by atoms with van der Waals surface area (Å²) >= 11 is 0. The number of nitrogens with one attached hydrogen (secondary N) is 1. The second-order valence-corrected chi connectivity index (χ2v) is 3.06. The average molecular weight is 204 g/mol. The van der Waals surface area contributed by atoms with Gasteiger partial charge in [-0.25, -0.2) is 0 Å². The summed E-state index contributed by atoms with van der Waals surface area (Å²) in [6, 6.07) is 0. The van der Waals surface area contributed by atoms with Gasteiger partial charge >= 0.3 is 0 Å². The molecule has 1 aromatic heterocycles. The Bertz CT molecular complexity index is 245. The highest BCUT2D eigenvalue weighted by Gasteiger charge is 2.01. The number of aromatic nitrogens is 2. The number of aryl methyl sites for hydroxylation is 1. The topological polar surface area (TPSA) is 29.9 Å². The van der Waals surface area contributed by atoms with Gasteiger partial charge in [0.05, 0.1) is 6.20 Å². The van der Waals surface area contributed by atoms with Gasteiger partial charge in [0.25, 0.3) is 0 Å². The molecule has 0 fully saturated rings. The molecule has 0 radical (unpaired) electrons. The van der Waals surface area contributed by atoms with Crippen LogP contribution in [0.5, 0.6) is 0 Å². The van der Waals surface area contributed by atoms with E-state index in [-0.39, 0.29) is 12.4 Å². The molecule has 0 saturated carbocycles. The molecule has 13 heavy (non-hydrogen) atoms. The average Bonchev–Trinajstić information content (AvgIpc) is 2.36. The van der Waals surface area contributed by atoms with Crippen LogP contribution in [0, 0.1) is 6.92 Å². The van der Waals surface area contributed by atoms with Crippen LogP contribution < -0.4 is 5.32 Å². The molecule has 1 aromatic rings. The molecule has 0 atom stereocenters. The van der Waals surface area contributed by atoms with Crippen LogP contribution in [0.2, 0.25) is 0 Å². The van der Waals surface area contributed by atoms with Gasteiger partial charge in [0, 0.05) is 24.8 Å². The molecule has 0 bridgehead atoms. The number of hydrogen-bond acceptors (Lipinski definition) is 2. The highest BCUT2D eigenvalue weighted by atomic mass is 35.5. The van der Waals surface area contributed by atoms with Gasteiger partial charge in [0.2, 0.25) is 0 Å². The molecule has 4 heteroatoms. The molecule has 1 rings (SSSR count). The first-order valence-corrected chi connectivity index (χ1v) is 4.44. The molecular weight excluding hydrogens is 186 g/mol. The molecule has 0 spiro atoms. The van der Waals surface area contributed by atoms with E-state index in [1.54, 1.807) is 0 Å². The molecule has 76 valence electrons. The lowest BCUT2D eigenvalue weighted by Crippen LogP contribution is -2.14. The van der Waals surface area contributed by atoms with E-state index in [4.69, 9.17) is 0 Å². The largest absolute Gasteiger partial charge is 0.313 e. The fraction of sp³-hybridized carbons (Fsp3) is 0.667. The maximum absolute atomic E-state index is 4.17. The Morgan fingerprint density at radius 1 is 1.54 bits per heavy atom. The molecular formula is C9H18ClN3. The van der Waals surface area contributed by atoms with Crippen molar-refractivity contribution in [1.82, 2.24) is 15.1 Å². The summed E-state index contributed by atoms with van der Waals surface area (Å²) in [6.07, 6.45) is 3.11. The molecule has 0 aliphatic carbocycles. The monoisotopic (exact) mass is 203 g/mol. The highest BCUT2D eigenvalue weighted by Crippen LogP contribution is 2.04. The summed E-state index contributed by atoms with van der Waals surface area (Å²) in [4.78, 5) is 0. The van der Waals surface area contributed by atoms with E-state index < -0.39 is 0 Å². The summed E-state index contributed by atoms with van der Waals surface area (Å²) in [6.45, 7) is 6.28. The van der Waals surface area contributed by atoms with Gasteiger partial charge < -0.3 is 5.32 Å². The van der Waals surface area contributed by atoms with E-state index in [2.05, 4.69) is 24.3 Å². The van der Waals surface area contributed by atoms with Gasteiger partial charge in [0.15, 0.2) is 0 Å². The van der Waals surface area contributed by atoms with Gasteiger partial charge in [-0.1, -0.05) is 6.92 Å². The zero-order chi connectivity index (χ0) is 8.97. The first-order chi connectivity index (χ1) is 5.75. The zero-order valence-electron chi connectivity index (χ0n) is 8.50. The van der Waals surface area contributed by atoms with Gasteiger partial charge in [-0.3, -0.25) is 4.68 Å². The van der Waals surface area contributed by atoms with Crippen molar-refractivity contribution < 1.29 is 0 Å². The van der Waals surface area contributed by atoms with Crippen LogP contribution in [0.15, 0.2) is 6.20 Å². The summed E-state index contributed by atoms with van der Waals surface area (Å²) in [5, 5.41) is 7.52. The Morgan fingerprint density at radius 2 is 2.23 bits per heavy atom. The second-order valence-electron chi connectivity index (χ2n) is 3.06. The standard InChI is InChI=1S/C9H17N3.ClH/c1-4-5-10-6-9-7-11-12(3)8(9)2;/h7,10H,4-6H2,1-3H3;1H. The Kier molecular flexibility index (Phi) is 5.75. The smallest absolute Gasteiger partial charge is 0.0537 e. The maximum Gasteiger partial charge on any atom is 0.0537 e. The molecule has 0 aliphatic heterocycles. The third-order valence-corrected chi connectivity index (χ3v) is 2.08. The Balaban J connectivity index is 0.00000144. The highest BCUT2D eigenvalue weighted by molar-refractivity contribution is 5.85.